The van der Waals surface area contributed by atoms with Crippen molar-refractivity contribution >= 4 is 27.6 Å². The standard InChI is InChI=1S/C21H26ClNO4S/c1-4-16(3)23(21(24)20(22)18-11-7-6-8-12-18)15-17-10-9-13-19(14-17)27-28(25,26)5-2/h6-14,16,20H,4-5,15H2,1-3H3. The van der Waals surface area contributed by atoms with Crippen LogP contribution in [0.4, 0.5) is 0 Å². The Hall–Kier alpha value is -2.05. The first-order valence-corrected chi connectivity index (χ1v) is 11.3. The van der Waals surface area contributed by atoms with Gasteiger partial charge in [-0.1, -0.05) is 49.4 Å². The molecule has 0 spiro atoms. The van der Waals surface area contributed by atoms with Gasteiger partial charge in [0.1, 0.15) is 11.1 Å². The van der Waals surface area contributed by atoms with Gasteiger partial charge < -0.3 is 9.08 Å². The Kier molecular flexibility index (Phi) is 7.89. The summed E-state index contributed by atoms with van der Waals surface area (Å²) in [5, 5.41) is -0.782. The lowest BCUT2D eigenvalue weighted by atomic mass is 10.1. The van der Waals surface area contributed by atoms with Gasteiger partial charge in [-0.2, -0.15) is 8.42 Å². The Morgan fingerprint density at radius 2 is 1.79 bits per heavy atom. The van der Waals surface area contributed by atoms with Crippen LogP contribution in [0.5, 0.6) is 5.75 Å². The fourth-order valence-electron chi connectivity index (χ4n) is 2.68. The number of hydrogen-bond donors (Lipinski definition) is 0. The molecule has 5 nitrogen and oxygen atoms in total. The van der Waals surface area contributed by atoms with E-state index in [0.717, 1.165) is 17.5 Å². The molecule has 0 aliphatic carbocycles. The highest BCUT2D eigenvalue weighted by atomic mass is 35.5. The molecule has 0 saturated carbocycles. The van der Waals surface area contributed by atoms with Crippen molar-refractivity contribution < 1.29 is 17.4 Å². The van der Waals surface area contributed by atoms with E-state index in [2.05, 4.69) is 0 Å². The molecule has 2 atom stereocenters. The number of amides is 1. The number of rotatable bonds is 9. The highest BCUT2D eigenvalue weighted by molar-refractivity contribution is 7.87. The number of nitrogens with zero attached hydrogens (tertiary/aromatic N) is 1. The molecule has 0 aliphatic rings. The van der Waals surface area contributed by atoms with E-state index in [0.29, 0.717) is 6.54 Å². The second-order valence-electron chi connectivity index (χ2n) is 6.57. The van der Waals surface area contributed by atoms with Crippen molar-refractivity contribution in [1.82, 2.24) is 4.90 Å². The Labute approximate surface area is 172 Å². The zero-order valence-corrected chi connectivity index (χ0v) is 17.9. The predicted octanol–water partition coefficient (Wildman–Crippen LogP) is 4.52. The van der Waals surface area contributed by atoms with Crippen molar-refractivity contribution in [2.75, 3.05) is 5.75 Å². The lowest BCUT2D eigenvalue weighted by Gasteiger charge is -2.30. The molecular weight excluding hydrogens is 398 g/mol. The second kappa shape index (κ2) is 9.94. The molecule has 0 aromatic heterocycles. The molecule has 1 amide bonds. The summed E-state index contributed by atoms with van der Waals surface area (Å²) in [6, 6.07) is 16.0. The zero-order valence-electron chi connectivity index (χ0n) is 16.3. The van der Waals surface area contributed by atoms with Crippen LogP contribution in [0.15, 0.2) is 54.6 Å². The van der Waals surface area contributed by atoms with Gasteiger partial charge in [0.25, 0.3) is 0 Å². The van der Waals surface area contributed by atoms with Gasteiger partial charge in [0.05, 0.1) is 5.75 Å². The first-order valence-electron chi connectivity index (χ1n) is 9.28. The van der Waals surface area contributed by atoms with Gasteiger partial charge in [-0.15, -0.1) is 11.6 Å². The average molecular weight is 424 g/mol. The molecule has 0 heterocycles. The summed E-state index contributed by atoms with van der Waals surface area (Å²) in [7, 11) is -3.61. The summed E-state index contributed by atoms with van der Waals surface area (Å²) < 4.78 is 28.5. The average Bonchev–Trinajstić information content (AvgIpc) is 2.71. The molecule has 0 aliphatic heterocycles. The molecule has 0 fully saturated rings. The van der Waals surface area contributed by atoms with Crippen LogP contribution in [0, 0.1) is 0 Å². The minimum Gasteiger partial charge on any atom is -0.382 e. The largest absolute Gasteiger partial charge is 0.382 e. The van der Waals surface area contributed by atoms with E-state index < -0.39 is 15.5 Å². The summed E-state index contributed by atoms with van der Waals surface area (Å²) >= 11 is 6.46. The number of alkyl halides is 1. The normalized spacial score (nSPS) is 13.6. The maximum Gasteiger partial charge on any atom is 0.308 e. The number of benzene rings is 2. The summed E-state index contributed by atoms with van der Waals surface area (Å²) in [6.07, 6.45) is 0.768. The number of hydrogen-bond acceptors (Lipinski definition) is 4. The maximum absolute atomic E-state index is 13.1. The third-order valence-corrected chi connectivity index (χ3v) is 6.14. The van der Waals surface area contributed by atoms with Gasteiger partial charge in [0, 0.05) is 12.6 Å². The van der Waals surface area contributed by atoms with Crippen molar-refractivity contribution in [3.8, 4) is 5.75 Å². The molecule has 2 aromatic carbocycles. The van der Waals surface area contributed by atoms with Crippen molar-refractivity contribution in [3.63, 3.8) is 0 Å². The lowest BCUT2D eigenvalue weighted by Crippen LogP contribution is -2.39. The predicted molar refractivity (Wildman–Crippen MR) is 112 cm³/mol. The molecule has 152 valence electrons. The second-order valence-corrected chi connectivity index (χ2v) is 8.87. The first kappa shape index (κ1) is 22.2. The van der Waals surface area contributed by atoms with Gasteiger partial charge in [0.2, 0.25) is 5.91 Å². The van der Waals surface area contributed by atoms with Crippen LogP contribution in [0.1, 0.15) is 43.7 Å². The fourth-order valence-corrected chi connectivity index (χ4v) is 3.46. The molecule has 28 heavy (non-hydrogen) atoms. The van der Waals surface area contributed by atoms with Crippen LogP contribution in [-0.4, -0.2) is 31.0 Å². The highest BCUT2D eigenvalue weighted by Crippen LogP contribution is 2.26. The summed E-state index contributed by atoms with van der Waals surface area (Å²) in [6.45, 7) is 5.80. The number of carbonyl (C=O) groups excluding carboxylic acids is 1. The zero-order chi connectivity index (χ0) is 20.7. The quantitative estimate of drug-likeness (QED) is 0.439. The molecule has 0 N–H and O–H groups in total. The molecule has 0 saturated heterocycles. The van der Waals surface area contributed by atoms with E-state index in [9.17, 15) is 13.2 Å². The Morgan fingerprint density at radius 3 is 2.39 bits per heavy atom. The molecule has 2 unspecified atom stereocenters. The number of halogens is 1. The third-order valence-electron chi connectivity index (χ3n) is 4.54. The van der Waals surface area contributed by atoms with Crippen LogP contribution in [0.2, 0.25) is 0 Å². The summed E-state index contributed by atoms with van der Waals surface area (Å²) in [4.78, 5) is 14.8. The molecular formula is C21H26ClNO4S. The maximum atomic E-state index is 13.1. The van der Waals surface area contributed by atoms with Crippen molar-refractivity contribution in [2.45, 2.75) is 45.2 Å². The Bertz CT molecular complexity index is 886. The first-order chi connectivity index (χ1) is 13.3. The fraction of sp³-hybridized carbons (Fsp3) is 0.381. The van der Waals surface area contributed by atoms with Crippen molar-refractivity contribution in [1.29, 1.82) is 0 Å². The monoisotopic (exact) mass is 423 g/mol. The van der Waals surface area contributed by atoms with E-state index in [4.69, 9.17) is 15.8 Å². The highest BCUT2D eigenvalue weighted by Gasteiger charge is 2.27. The van der Waals surface area contributed by atoms with Crippen LogP contribution in [-0.2, 0) is 21.5 Å². The molecule has 0 radical (unpaired) electrons. The van der Waals surface area contributed by atoms with E-state index in [1.165, 1.54) is 6.92 Å². The van der Waals surface area contributed by atoms with Crippen LogP contribution in [0.25, 0.3) is 0 Å². The van der Waals surface area contributed by atoms with Gasteiger partial charge >= 0.3 is 10.1 Å². The Balaban J connectivity index is 2.24. The minimum atomic E-state index is -3.61. The molecule has 7 heteroatoms. The number of carbonyl (C=O) groups is 1. The summed E-state index contributed by atoms with van der Waals surface area (Å²) in [5.41, 5.74) is 1.52. The SMILES string of the molecule is CCC(C)N(Cc1cccc(OS(=O)(=O)CC)c1)C(=O)C(Cl)c1ccccc1. The van der Waals surface area contributed by atoms with E-state index in [-0.39, 0.29) is 23.5 Å². The smallest absolute Gasteiger partial charge is 0.308 e. The van der Waals surface area contributed by atoms with Gasteiger partial charge in [-0.05, 0) is 43.5 Å². The minimum absolute atomic E-state index is 0.0265. The lowest BCUT2D eigenvalue weighted by molar-refractivity contribution is -0.133. The van der Waals surface area contributed by atoms with Crippen molar-refractivity contribution in [3.05, 3.63) is 65.7 Å². The molecule has 2 aromatic rings. The van der Waals surface area contributed by atoms with Crippen LogP contribution >= 0.6 is 11.6 Å². The van der Waals surface area contributed by atoms with E-state index in [1.807, 2.05) is 50.2 Å². The topological polar surface area (TPSA) is 63.7 Å². The van der Waals surface area contributed by atoms with Gasteiger partial charge in [-0.25, -0.2) is 0 Å². The molecule has 2 rings (SSSR count). The Morgan fingerprint density at radius 1 is 1.11 bits per heavy atom. The van der Waals surface area contributed by atoms with Crippen molar-refractivity contribution in [2.24, 2.45) is 0 Å². The van der Waals surface area contributed by atoms with E-state index in [1.54, 1.807) is 23.1 Å². The van der Waals surface area contributed by atoms with E-state index >= 15 is 0 Å². The molecule has 0 bridgehead atoms. The van der Waals surface area contributed by atoms with Crippen LogP contribution in [0.3, 0.4) is 0 Å². The van der Waals surface area contributed by atoms with Crippen LogP contribution < -0.4 is 4.18 Å². The summed E-state index contributed by atoms with van der Waals surface area (Å²) in [5.74, 6) is -0.0595. The third kappa shape index (κ3) is 5.97. The van der Waals surface area contributed by atoms with Gasteiger partial charge in [-0.3, -0.25) is 4.79 Å². The van der Waals surface area contributed by atoms with Gasteiger partial charge in [0.15, 0.2) is 0 Å².